The van der Waals surface area contributed by atoms with Crippen molar-refractivity contribution < 1.29 is 4.79 Å². The van der Waals surface area contributed by atoms with Gasteiger partial charge in [-0.25, -0.2) is 0 Å². The molecule has 0 bridgehead atoms. The highest BCUT2D eigenvalue weighted by Gasteiger charge is 2.19. The lowest BCUT2D eigenvalue weighted by molar-refractivity contribution is 0.104. The molecule has 4 aromatic rings. The molecular formula is C23H14BrClN2O2. The summed E-state index contributed by atoms with van der Waals surface area (Å²) in [6.45, 7) is 0. The topological polar surface area (TPSA) is 62.8 Å². The van der Waals surface area contributed by atoms with E-state index in [-0.39, 0.29) is 5.56 Å². The van der Waals surface area contributed by atoms with Crippen LogP contribution >= 0.6 is 27.5 Å². The van der Waals surface area contributed by atoms with Crippen LogP contribution in [0, 0.1) is 0 Å². The summed E-state index contributed by atoms with van der Waals surface area (Å²) in [5, 5.41) is 1.22. The number of ketones is 1. The van der Waals surface area contributed by atoms with Crippen LogP contribution in [0.1, 0.15) is 16.1 Å². The fourth-order valence-corrected chi connectivity index (χ4v) is 3.57. The molecule has 0 spiro atoms. The highest BCUT2D eigenvalue weighted by molar-refractivity contribution is 9.10. The number of allylic oxidation sites excluding steroid dienone is 1. The highest BCUT2D eigenvalue weighted by Crippen LogP contribution is 2.32. The number of halogens is 2. The van der Waals surface area contributed by atoms with Crippen LogP contribution in [-0.2, 0) is 0 Å². The SMILES string of the molecule is O=C(/C=C/c1ccccn1)c1c(-c2ccc(Br)cc2)c2cc(Cl)ccc2[nH]c1=O. The van der Waals surface area contributed by atoms with E-state index in [0.29, 0.717) is 27.2 Å². The second kappa shape index (κ2) is 8.15. The van der Waals surface area contributed by atoms with Gasteiger partial charge in [0.15, 0.2) is 5.78 Å². The van der Waals surface area contributed by atoms with Crippen molar-refractivity contribution in [3.8, 4) is 11.1 Å². The van der Waals surface area contributed by atoms with Gasteiger partial charge in [0.05, 0.1) is 11.3 Å². The molecule has 6 heteroatoms. The Kier molecular flexibility index (Phi) is 5.43. The Hall–Kier alpha value is -3.02. The van der Waals surface area contributed by atoms with Gasteiger partial charge >= 0.3 is 0 Å². The lowest BCUT2D eigenvalue weighted by Gasteiger charge is -2.12. The fraction of sp³-hybridized carbons (Fsp3) is 0. The van der Waals surface area contributed by atoms with E-state index in [4.69, 9.17) is 11.6 Å². The maximum absolute atomic E-state index is 13.1. The summed E-state index contributed by atoms with van der Waals surface area (Å²) in [6, 6.07) is 18.0. The fourth-order valence-electron chi connectivity index (χ4n) is 3.14. The lowest BCUT2D eigenvalue weighted by atomic mass is 9.94. The molecule has 2 heterocycles. The molecule has 0 saturated heterocycles. The van der Waals surface area contributed by atoms with Crippen molar-refractivity contribution in [2.75, 3.05) is 0 Å². The van der Waals surface area contributed by atoms with Crippen LogP contribution in [-0.4, -0.2) is 15.8 Å². The number of carbonyl (C=O) groups is 1. The molecule has 0 radical (unpaired) electrons. The third-order valence-corrected chi connectivity index (χ3v) is 5.21. The van der Waals surface area contributed by atoms with Gasteiger partial charge in [0.2, 0.25) is 0 Å². The number of hydrogen-bond acceptors (Lipinski definition) is 3. The van der Waals surface area contributed by atoms with Crippen LogP contribution < -0.4 is 5.56 Å². The number of hydrogen-bond donors (Lipinski definition) is 1. The average Bonchev–Trinajstić information content (AvgIpc) is 2.73. The van der Waals surface area contributed by atoms with E-state index in [0.717, 1.165) is 10.0 Å². The number of nitrogens with zero attached hydrogens (tertiary/aromatic N) is 1. The first-order chi connectivity index (χ1) is 14.0. The minimum absolute atomic E-state index is 0.0641. The molecule has 0 amide bonds. The maximum atomic E-state index is 13.1. The molecular weight excluding hydrogens is 452 g/mol. The van der Waals surface area contributed by atoms with Gasteiger partial charge in [-0.2, -0.15) is 0 Å². The van der Waals surface area contributed by atoms with E-state index in [2.05, 4.69) is 25.9 Å². The number of aromatic amines is 1. The summed E-state index contributed by atoms with van der Waals surface area (Å²) < 4.78 is 0.899. The van der Waals surface area contributed by atoms with Gasteiger partial charge in [-0.15, -0.1) is 0 Å². The Labute approximate surface area is 180 Å². The van der Waals surface area contributed by atoms with Gasteiger partial charge in [-0.3, -0.25) is 14.6 Å². The van der Waals surface area contributed by atoms with Crippen LogP contribution in [0.3, 0.4) is 0 Å². The number of rotatable bonds is 4. The third kappa shape index (κ3) is 4.06. The first-order valence-electron chi connectivity index (χ1n) is 8.78. The quantitative estimate of drug-likeness (QED) is 0.301. The van der Waals surface area contributed by atoms with Gasteiger partial charge in [0.25, 0.3) is 5.56 Å². The summed E-state index contributed by atoms with van der Waals surface area (Å²) in [6.07, 6.45) is 4.60. The van der Waals surface area contributed by atoms with E-state index in [1.54, 1.807) is 42.6 Å². The molecule has 0 aliphatic rings. The molecule has 0 unspecified atom stereocenters. The molecule has 0 saturated carbocycles. The van der Waals surface area contributed by atoms with Gasteiger partial charge in [0.1, 0.15) is 0 Å². The normalized spacial score (nSPS) is 11.2. The predicted octanol–water partition coefficient (Wildman–Crippen LogP) is 5.90. The zero-order chi connectivity index (χ0) is 20.4. The number of pyridine rings is 2. The number of benzene rings is 2. The molecule has 4 nitrogen and oxygen atoms in total. The van der Waals surface area contributed by atoms with Crippen molar-refractivity contribution in [3.63, 3.8) is 0 Å². The maximum Gasteiger partial charge on any atom is 0.260 e. The van der Waals surface area contributed by atoms with Gasteiger partial charge in [-0.1, -0.05) is 45.7 Å². The zero-order valence-corrected chi connectivity index (χ0v) is 17.4. The molecule has 2 aromatic heterocycles. The molecule has 4 rings (SSSR count). The minimum Gasteiger partial charge on any atom is -0.321 e. The average molecular weight is 466 g/mol. The Morgan fingerprint density at radius 1 is 1.07 bits per heavy atom. The third-order valence-electron chi connectivity index (χ3n) is 4.45. The Balaban J connectivity index is 1.95. The molecule has 142 valence electrons. The molecule has 29 heavy (non-hydrogen) atoms. The van der Waals surface area contributed by atoms with Crippen molar-refractivity contribution in [1.82, 2.24) is 9.97 Å². The number of H-pyrrole nitrogens is 1. The molecule has 0 atom stereocenters. The first kappa shape index (κ1) is 19.3. The number of aromatic nitrogens is 2. The summed E-state index contributed by atoms with van der Waals surface area (Å²) >= 11 is 9.63. The standard InChI is InChI=1S/C23H14BrClN2O2/c24-15-6-4-14(5-7-15)21-18-13-16(25)8-10-19(18)27-23(29)22(21)20(28)11-9-17-3-1-2-12-26-17/h1-13H,(H,27,29)/b11-9+. The molecule has 0 aliphatic carbocycles. The van der Waals surface area contributed by atoms with E-state index in [1.165, 1.54) is 6.08 Å². The van der Waals surface area contributed by atoms with Gasteiger partial charge < -0.3 is 4.98 Å². The van der Waals surface area contributed by atoms with Crippen LogP contribution in [0.5, 0.6) is 0 Å². The first-order valence-corrected chi connectivity index (χ1v) is 9.95. The molecule has 0 fully saturated rings. The van der Waals surface area contributed by atoms with E-state index >= 15 is 0 Å². The number of fused-ring (bicyclic) bond motifs is 1. The Morgan fingerprint density at radius 3 is 2.59 bits per heavy atom. The van der Waals surface area contributed by atoms with Gasteiger partial charge in [-0.05, 0) is 60.2 Å². The number of carbonyl (C=O) groups excluding carboxylic acids is 1. The van der Waals surface area contributed by atoms with Crippen LogP contribution in [0.4, 0.5) is 0 Å². The van der Waals surface area contributed by atoms with Crippen molar-refractivity contribution in [2.45, 2.75) is 0 Å². The molecule has 1 N–H and O–H groups in total. The van der Waals surface area contributed by atoms with Gasteiger partial charge in [0, 0.05) is 32.2 Å². The largest absolute Gasteiger partial charge is 0.321 e. The summed E-state index contributed by atoms with van der Waals surface area (Å²) in [5.41, 5.74) is 2.16. The molecule has 0 aliphatic heterocycles. The lowest BCUT2D eigenvalue weighted by Crippen LogP contribution is -2.18. The number of nitrogens with one attached hydrogen (secondary N) is 1. The van der Waals surface area contributed by atoms with E-state index in [1.807, 2.05) is 30.3 Å². The van der Waals surface area contributed by atoms with Crippen LogP contribution in [0.25, 0.3) is 28.1 Å². The highest BCUT2D eigenvalue weighted by atomic mass is 79.9. The molecule has 2 aromatic carbocycles. The van der Waals surface area contributed by atoms with Crippen LogP contribution in [0.2, 0.25) is 5.02 Å². The second-order valence-electron chi connectivity index (χ2n) is 6.35. The van der Waals surface area contributed by atoms with E-state index < -0.39 is 11.3 Å². The Bertz CT molecular complexity index is 1300. The van der Waals surface area contributed by atoms with Crippen molar-refractivity contribution in [3.05, 3.63) is 104 Å². The second-order valence-corrected chi connectivity index (χ2v) is 7.71. The monoisotopic (exact) mass is 464 g/mol. The van der Waals surface area contributed by atoms with Crippen molar-refractivity contribution >= 4 is 50.3 Å². The smallest absolute Gasteiger partial charge is 0.260 e. The van der Waals surface area contributed by atoms with Crippen molar-refractivity contribution in [1.29, 1.82) is 0 Å². The van der Waals surface area contributed by atoms with Crippen molar-refractivity contribution in [2.24, 2.45) is 0 Å². The Morgan fingerprint density at radius 2 is 1.86 bits per heavy atom. The zero-order valence-electron chi connectivity index (χ0n) is 15.0. The minimum atomic E-state index is -0.451. The van der Waals surface area contributed by atoms with E-state index in [9.17, 15) is 9.59 Å². The summed E-state index contributed by atoms with van der Waals surface area (Å²) in [4.78, 5) is 32.9. The summed E-state index contributed by atoms with van der Waals surface area (Å²) in [7, 11) is 0. The van der Waals surface area contributed by atoms with Crippen LogP contribution in [0.15, 0.2) is 82.2 Å². The summed E-state index contributed by atoms with van der Waals surface area (Å²) in [5.74, 6) is -0.406. The predicted molar refractivity (Wildman–Crippen MR) is 120 cm³/mol.